The van der Waals surface area contributed by atoms with Gasteiger partial charge in [0, 0.05) is 52.4 Å². The fraction of sp³-hybridized carbons (Fsp3) is 0.692. The Balaban J connectivity index is 0.000000987. The van der Waals surface area contributed by atoms with Crippen LogP contribution >= 0.6 is 0 Å². The number of non-ortho nitro benzene ring substituents is 1. The molecule has 0 radical (unpaired) electrons. The second-order valence-electron chi connectivity index (χ2n) is 15.2. The summed E-state index contributed by atoms with van der Waals surface area (Å²) < 4.78 is 35.7. The lowest BCUT2D eigenvalue weighted by molar-refractivity contribution is -0.384. The van der Waals surface area contributed by atoms with Crippen LogP contribution < -0.4 is 10.1 Å². The molecule has 2 heterocycles. The van der Waals surface area contributed by atoms with Crippen LogP contribution in [0, 0.1) is 10.1 Å². The molecule has 1 aromatic carbocycles. The highest BCUT2D eigenvalue weighted by molar-refractivity contribution is 5.86. The lowest BCUT2D eigenvalue weighted by Gasteiger charge is -2.33. The number of likely N-dealkylation sites (N-methyl/N-ethyl adjacent to an activating group) is 2. The molecule has 0 bridgehead atoms. The molecule has 1 N–H and O–H groups in total. The Morgan fingerprint density at radius 1 is 0.712 bits per heavy atom. The maximum atomic E-state index is 12.3. The van der Waals surface area contributed by atoms with Gasteiger partial charge in [0.15, 0.2) is 12.2 Å². The van der Waals surface area contributed by atoms with Crippen molar-refractivity contribution in [3.05, 3.63) is 34.4 Å². The van der Waals surface area contributed by atoms with Gasteiger partial charge < -0.3 is 48.3 Å². The van der Waals surface area contributed by atoms with Crippen LogP contribution in [0.2, 0.25) is 0 Å². The van der Waals surface area contributed by atoms with Crippen molar-refractivity contribution < 1.29 is 66.8 Å². The summed E-state index contributed by atoms with van der Waals surface area (Å²) in [5.41, 5.74) is -1.54. The summed E-state index contributed by atoms with van der Waals surface area (Å²) in [4.78, 5) is 86.6. The third kappa shape index (κ3) is 21.0. The van der Waals surface area contributed by atoms with Crippen molar-refractivity contribution in [1.82, 2.24) is 20.0 Å². The SMILES string of the molecule is C.C1COCCN1.CC(OC(=O)C(C)N(C)C(=O)N1CCOCC1)C(=O)OC(C)(C)C.CC(OC(=O)C(C)N(C)C(=O)Oc1ccc([N+](=O)[O-])cc1)C(=O)OC(C)(C)C. The number of rotatable bonds is 10. The van der Waals surface area contributed by atoms with Crippen LogP contribution in [0.3, 0.4) is 0 Å². The highest BCUT2D eigenvalue weighted by Gasteiger charge is 2.33. The van der Waals surface area contributed by atoms with E-state index in [0.29, 0.717) is 26.3 Å². The molecule has 2 fully saturated rings. The van der Waals surface area contributed by atoms with Gasteiger partial charge in [-0.1, -0.05) is 7.43 Å². The largest absolute Gasteiger partial charge is 0.457 e. The minimum Gasteiger partial charge on any atom is -0.457 e. The zero-order chi connectivity index (χ0) is 44.4. The molecule has 59 heavy (non-hydrogen) atoms. The summed E-state index contributed by atoms with van der Waals surface area (Å²) in [5.74, 6) is -2.72. The number of urea groups is 1. The van der Waals surface area contributed by atoms with E-state index in [1.165, 1.54) is 64.0 Å². The van der Waals surface area contributed by atoms with E-state index in [4.69, 9.17) is 33.2 Å². The van der Waals surface area contributed by atoms with Crippen molar-refractivity contribution in [3.8, 4) is 5.75 Å². The minimum absolute atomic E-state index is 0. The maximum Gasteiger partial charge on any atom is 0.415 e. The zero-order valence-corrected chi connectivity index (χ0v) is 35.7. The molecular weight excluding hydrogens is 778 g/mol. The van der Waals surface area contributed by atoms with Crippen LogP contribution in [-0.4, -0.2) is 158 Å². The molecule has 0 spiro atoms. The van der Waals surface area contributed by atoms with Gasteiger partial charge in [0.05, 0.1) is 31.4 Å². The molecule has 20 heteroatoms. The van der Waals surface area contributed by atoms with E-state index in [1.54, 1.807) is 53.4 Å². The van der Waals surface area contributed by atoms with Crippen molar-refractivity contribution in [2.75, 3.05) is 66.7 Å². The second-order valence-corrected chi connectivity index (χ2v) is 15.2. The van der Waals surface area contributed by atoms with Crippen molar-refractivity contribution >= 4 is 41.7 Å². The highest BCUT2D eigenvalue weighted by atomic mass is 16.6. The summed E-state index contributed by atoms with van der Waals surface area (Å²) in [6.07, 6.45) is -3.05. The van der Waals surface area contributed by atoms with E-state index >= 15 is 0 Å². The Bertz CT molecular complexity index is 1510. The van der Waals surface area contributed by atoms with Crippen molar-refractivity contribution in [1.29, 1.82) is 0 Å². The lowest BCUT2D eigenvalue weighted by Crippen LogP contribution is -2.51. The molecule has 336 valence electrons. The number of hydrogen-bond acceptors (Lipinski definition) is 16. The highest BCUT2D eigenvalue weighted by Crippen LogP contribution is 2.19. The number of esters is 4. The van der Waals surface area contributed by atoms with Gasteiger partial charge in [-0.05, 0) is 81.4 Å². The fourth-order valence-electron chi connectivity index (χ4n) is 4.35. The molecule has 1 aromatic rings. The molecule has 0 aromatic heterocycles. The molecule has 0 aliphatic carbocycles. The standard InChI is InChI=1S/C18H24N2O8.C16H28N2O6.C4H9NO.CH4/c1-11(15(21)26-12(2)16(22)28-18(3,4)5)19(6)17(23)27-14-9-7-13(8-10-14)20(24)25;1-11(17(6)15(21)18-7-9-22-10-8-18)13(19)23-12(2)14(20)24-16(3,4)5;1-3-6-4-2-5-1;/h7-12H,1-6H3;11-12H,7-10H2,1-6H3;5H,1-4H2;1H4. The number of carbonyl (C=O) groups is 6. The topological polar surface area (TPSA) is 232 Å². The number of hydrogen-bond donors (Lipinski definition) is 1. The predicted molar refractivity (Wildman–Crippen MR) is 215 cm³/mol. The summed E-state index contributed by atoms with van der Waals surface area (Å²) in [6.45, 7) is 21.8. The molecule has 20 nitrogen and oxygen atoms in total. The van der Waals surface area contributed by atoms with Gasteiger partial charge in [-0.15, -0.1) is 0 Å². The normalized spacial score (nSPS) is 15.8. The van der Waals surface area contributed by atoms with Crippen LogP contribution in [0.5, 0.6) is 5.75 Å². The van der Waals surface area contributed by atoms with Gasteiger partial charge >= 0.3 is 36.0 Å². The van der Waals surface area contributed by atoms with Gasteiger partial charge in [0.2, 0.25) is 0 Å². The van der Waals surface area contributed by atoms with E-state index in [9.17, 15) is 38.9 Å². The average Bonchev–Trinajstić information content (AvgIpc) is 3.16. The van der Waals surface area contributed by atoms with Gasteiger partial charge in [-0.25, -0.2) is 28.8 Å². The van der Waals surface area contributed by atoms with Gasteiger partial charge in [0.1, 0.15) is 29.0 Å². The zero-order valence-electron chi connectivity index (χ0n) is 35.7. The van der Waals surface area contributed by atoms with Crippen LogP contribution in [0.1, 0.15) is 76.7 Å². The van der Waals surface area contributed by atoms with E-state index in [0.717, 1.165) is 31.2 Å². The first-order valence-corrected chi connectivity index (χ1v) is 18.8. The second kappa shape index (κ2) is 25.4. The number of morpholine rings is 2. The lowest BCUT2D eigenvalue weighted by atomic mass is 10.2. The molecular formula is C39H65N5O15. The number of amides is 3. The molecule has 2 aliphatic heterocycles. The van der Waals surface area contributed by atoms with Gasteiger partial charge in [-0.3, -0.25) is 15.0 Å². The van der Waals surface area contributed by atoms with Crippen LogP contribution in [0.4, 0.5) is 15.3 Å². The molecule has 3 rings (SSSR count). The summed E-state index contributed by atoms with van der Waals surface area (Å²) in [6, 6.07) is 2.76. The summed E-state index contributed by atoms with van der Waals surface area (Å²) in [7, 11) is 2.85. The van der Waals surface area contributed by atoms with Crippen LogP contribution in [0.25, 0.3) is 0 Å². The smallest absolute Gasteiger partial charge is 0.415 e. The number of nitrogens with one attached hydrogen (secondary N) is 1. The minimum atomic E-state index is -1.15. The van der Waals surface area contributed by atoms with E-state index in [2.05, 4.69) is 5.32 Å². The number of carbonyl (C=O) groups excluding carboxylic acids is 6. The Labute approximate surface area is 347 Å². The number of nitro groups is 1. The van der Waals surface area contributed by atoms with Crippen molar-refractivity contribution in [2.45, 2.75) is 112 Å². The van der Waals surface area contributed by atoms with Crippen LogP contribution in [0.15, 0.2) is 24.3 Å². The summed E-state index contributed by atoms with van der Waals surface area (Å²) >= 11 is 0. The van der Waals surface area contributed by atoms with Crippen molar-refractivity contribution in [2.24, 2.45) is 0 Å². The maximum absolute atomic E-state index is 12.3. The number of nitrogens with zero attached hydrogens (tertiary/aromatic N) is 4. The molecule has 3 amide bonds. The first-order valence-electron chi connectivity index (χ1n) is 18.8. The van der Waals surface area contributed by atoms with Gasteiger partial charge in [-0.2, -0.15) is 0 Å². The quantitative estimate of drug-likeness (QED) is 0.152. The third-order valence-corrected chi connectivity index (χ3v) is 7.88. The molecule has 2 saturated heterocycles. The number of benzene rings is 1. The Morgan fingerprint density at radius 2 is 1.12 bits per heavy atom. The van der Waals surface area contributed by atoms with Gasteiger partial charge in [0.25, 0.3) is 5.69 Å². The third-order valence-electron chi connectivity index (χ3n) is 7.88. The molecule has 0 saturated carbocycles. The van der Waals surface area contributed by atoms with E-state index < -0.39 is 70.4 Å². The molecule has 4 atom stereocenters. The molecule has 2 aliphatic rings. The Hall–Kier alpha value is -5.08. The average molecular weight is 844 g/mol. The Kier molecular flexibility index (Phi) is 23.2. The van der Waals surface area contributed by atoms with Crippen molar-refractivity contribution in [3.63, 3.8) is 0 Å². The van der Waals surface area contributed by atoms with Crippen LogP contribution in [-0.2, 0) is 47.6 Å². The number of ether oxygens (including phenoxy) is 7. The Morgan fingerprint density at radius 3 is 1.47 bits per heavy atom. The summed E-state index contributed by atoms with van der Waals surface area (Å²) in [5, 5.41) is 13.8. The first kappa shape index (κ1) is 53.9. The van der Waals surface area contributed by atoms with E-state index in [-0.39, 0.29) is 24.9 Å². The monoisotopic (exact) mass is 843 g/mol. The van der Waals surface area contributed by atoms with E-state index in [1.807, 2.05) is 0 Å². The fourth-order valence-corrected chi connectivity index (χ4v) is 4.35. The number of nitro benzene ring substituents is 1. The first-order chi connectivity index (χ1) is 26.8. The predicted octanol–water partition coefficient (Wildman–Crippen LogP) is 3.96. The molecule has 4 unspecified atom stereocenters.